The van der Waals surface area contributed by atoms with Crippen molar-refractivity contribution >= 4 is 6.03 Å². The van der Waals surface area contributed by atoms with Gasteiger partial charge in [0.05, 0.1) is 6.20 Å². The number of carbonyl (C=O) groups is 1. The zero-order valence-corrected chi connectivity index (χ0v) is 13.6. The summed E-state index contributed by atoms with van der Waals surface area (Å²) in [7, 11) is 0. The number of aromatic nitrogens is 5. The molecule has 0 fully saturated rings. The molecule has 1 atom stereocenters. The first-order valence-electron chi connectivity index (χ1n) is 8.28. The maximum atomic E-state index is 12.2. The first-order chi connectivity index (χ1) is 12.3. The minimum Gasteiger partial charge on any atom is -0.335 e. The summed E-state index contributed by atoms with van der Waals surface area (Å²) in [6.07, 6.45) is 9.74. The number of carbonyl (C=O) groups excluding carboxylic acids is 1. The maximum absolute atomic E-state index is 12.2. The highest BCUT2D eigenvalue weighted by molar-refractivity contribution is 5.74. The van der Waals surface area contributed by atoms with Crippen molar-refractivity contribution in [1.82, 2.24) is 35.6 Å². The molecule has 128 valence electrons. The van der Waals surface area contributed by atoms with Crippen LogP contribution in [0.3, 0.4) is 0 Å². The lowest BCUT2D eigenvalue weighted by Crippen LogP contribution is -2.44. The Bertz CT molecular complexity index is 856. The Hall–Kier alpha value is -3.16. The summed E-state index contributed by atoms with van der Waals surface area (Å²) in [5.41, 5.74) is 3.34. The number of aromatic amines is 1. The van der Waals surface area contributed by atoms with E-state index in [0.717, 1.165) is 30.6 Å². The quantitative estimate of drug-likeness (QED) is 0.669. The van der Waals surface area contributed by atoms with Crippen LogP contribution in [0.15, 0.2) is 43.0 Å². The van der Waals surface area contributed by atoms with Crippen LogP contribution in [-0.2, 0) is 19.4 Å². The van der Waals surface area contributed by atoms with Crippen molar-refractivity contribution in [1.29, 1.82) is 0 Å². The molecule has 4 rings (SSSR count). The number of nitrogens with one attached hydrogen (secondary N) is 3. The van der Waals surface area contributed by atoms with E-state index in [1.54, 1.807) is 17.1 Å². The zero-order chi connectivity index (χ0) is 17.1. The van der Waals surface area contributed by atoms with Crippen molar-refractivity contribution in [2.45, 2.75) is 31.8 Å². The van der Waals surface area contributed by atoms with Gasteiger partial charge in [-0.25, -0.2) is 14.5 Å². The van der Waals surface area contributed by atoms with Gasteiger partial charge in [-0.15, -0.1) is 0 Å². The maximum Gasteiger partial charge on any atom is 0.315 e. The van der Waals surface area contributed by atoms with Gasteiger partial charge < -0.3 is 10.6 Å². The molecule has 0 spiro atoms. The number of rotatable bonds is 4. The number of amides is 2. The lowest BCUT2D eigenvalue weighted by atomic mass is 9.94. The topological polar surface area (TPSA) is 101 Å². The molecule has 0 radical (unpaired) electrons. The van der Waals surface area contributed by atoms with Crippen LogP contribution in [0.4, 0.5) is 4.79 Å². The Kier molecular flexibility index (Phi) is 4.16. The Morgan fingerprint density at radius 3 is 3.24 bits per heavy atom. The SMILES string of the molecule is O=C(NCc1ccnc(-n2cccn2)c1)NC1CCc2[nH]ncc2C1. The number of pyridine rings is 1. The van der Waals surface area contributed by atoms with Crippen LogP contribution in [0.2, 0.25) is 0 Å². The lowest BCUT2D eigenvalue weighted by Gasteiger charge is -2.23. The minimum atomic E-state index is -0.158. The summed E-state index contributed by atoms with van der Waals surface area (Å²) in [6.45, 7) is 0.437. The van der Waals surface area contributed by atoms with Crippen LogP contribution in [0, 0.1) is 0 Å². The van der Waals surface area contributed by atoms with Gasteiger partial charge in [0.1, 0.15) is 0 Å². The molecular weight excluding hydrogens is 318 g/mol. The van der Waals surface area contributed by atoms with Crippen LogP contribution >= 0.6 is 0 Å². The van der Waals surface area contributed by atoms with Crippen molar-refractivity contribution in [2.75, 3.05) is 0 Å². The molecule has 8 heteroatoms. The van der Waals surface area contributed by atoms with E-state index in [9.17, 15) is 4.79 Å². The van der Waals surface area contributed by atoms with E-state index in [1.165, 1.54) is 11.3 Å². The van der Waals surface area contributed by atoms with Crippen LogP contribution in [0.25, 0.3) is 5.82 Å². The average molecular weight is 337 g/mol. The van der Waals surface area contributed by atoms with Gasteiger partial charge in [0.25, 0.3) is 0 Å². The van der Waals surface area contributed by atoms with E-state index in [4.69, 9.17) is 0 Å². The summed E-state index contributed by atoms with van der Waals surface area (Å²) in [5, 5.41) is 17.2. The Labute approximate surface area is 144 Å². The Morgan fingerprint density at radius 1 is 1.40 bits per heavy atom. The molecule has 25 heavy (non-hydrogen) atoms. The van der Waals surface area contributed by atoms with Gasteiger partial charge in [0.2, 0.25) is 0 Å². The van der Waals surface area contributed by atoms with E-state index >= 15 is 0 Å². The first kappa shape index (κ1) is 15.4. The predicted molar refractivity (Wildman–Crippen MR) is 91.1 cm³/mol. The number of hydrogen-bond donors (Lipinski definition) is 3. The molecular formula is C17H19N7O. The van der Waals surface area contributed by atoms with Crippen molar-refractivity contribution in [2.24, 2.45) is 0 Å². The van der Waals surface area contributed by atoms with E-state index in [-0.39, 0.29) is 12.1 Å². The second-order valence-corrected chi connectivity index (χ2v) is 6.11. The Balaban J connectivity index is 1.31. The third-order valence-corrected chi connectivity index (χ3v) is 4.35. The third kappa shape index (κ3) is 3.52. The van der Waals surface area contributed by atoms with E-state index in [0.29, 0.717) is 6.54 Å². The van der Waals surface area contributed by atoms with Gasteiger partial charge in [-0.2, -0.15) is 10.2 Å². The lowest BCUT2D eigenvalue weighted by molar-refractivity contribution is 0.235. The highest BCUT2D eigenvalue weighted by atomic mass is 16.2. The van der Waals surface area contributed by atoms with Gasteiger partial charge in [0.15, 0.2) is 5.82 Å². The fraction of sp³-hybridized carbons (Fsp3) is 0.294. The monoisotopic (exact) mass is 337 g/mol. The number of nitrogens with zero attached hydrogens (tertiary/aromatic N) is 4. The molecule has 3 heterocycles. The van der Waals surface area contributed by atoms with Crippen LogP contribution in [-0.4, -0.2) is 37.0 Å². The minimum absolute atomic E-state index is 0.141. The van der Waals surface area contributed by atoms with Gasteiger partial charge in [0, 0.05) is 36.9 Å². The second-order valence-electron chi connectivity index (χ2n) is 6.11. The molecule has 0 saturated heterocycles. The molecule has 0 bridgehead atoms. The summed E-state index contributed by atoms with van der Waals surface area (Å²) >= 11 is 0. The standard InChI is InChI=1S/C17H19N7O/c25-17(22-14-2-3-15-13(9-14)11-20-23-15)19-10-12-4-6-18-16(8-12)24-7-1-5-21-24/h1,4-8,11,14H,2-3,9-10H2,(H,20,23)(H2,19,22,25). The molecule has 1 unspecified atom stereocenters. The largest absolute Gasteiger partial charge is 0.335 e. The van der Waals surface area contributed by atoms with Crippen LogP contribution in [0.1, 0.15) is 23.2 Å². The number of urea groups is 1. The molecule has 1 aliphatic rings. The molecule has 3 aromatic rings. The molecule has 3 aromatic heterocycles. The number of fused-ring (bicyclic) bond motifs is 1. The van der Waals surface area contributed by atoms with Crippen molar-refractivity contribution in [3.05, 3.63) is 59.8 Å². The fourth-order valence-corrected chi connectivity index (χ4v) is 3.06. The Morgan fingerprint density at radius 2 is 2.36 bits per heavy atom. The molecule has 8 nitrogen and oxygen atoms in total. The molecule has 0 aliphatic heterocycles. The van der Waals surface area contributed by atoms with Gasteiger partial charge in [-0.1, -0.05) is 0 Å². The molecule has 0 saturated carbocycles. The van der Waals surface area contributed by atoms with Crippen molar-refractivity contribution in [3.8, 4) is 5.82 Å². The fourth-order valence-electron chi connectivity index (χ4n) is 3.06. The second kappa shape index (κ2) is 6.76. The highest BCUT2D eigenvalue weighted by Crippen LogP contribution is 2.18. The van der Waals surface area contributed by atoms with Gasteiger partial charge in [-0.05, 0) is 48.6 Å². The predicted octanol–water partition coefficient (Wildman–Crippen LogP) is 1.35. The highest BCUT2D eigenvalue weighted by Gasteiger charge is 2.21. The molecule has 0 aromatic carbocycles. The summed E-state index contributed by atoms with van der Waals surface area (Å²) in [5.74, 6) is 0.726. The number of H-pyrrole nitrogens is 1. The number of aryl methyl sites for hydroxylation is 1. The smallest absolute Gasteiger partial charge is 0.315 e. The van der Waals surface area contributed by atoms with Gasteiger partial charge in [-0.3, -0.25) is 5.10 Å². The molecule has 2 amide bonds. The normalized spacial score (nSPS) is 16.2. The molecule has 1 aliphatic carbocycles. The van der Waals surface area contributed by atoms with E-state index < -0.39 is 0 Å². The third-order valence-electron chi connectivity index (χ3n) is 4.35. The van der Waals surface area contributed by atoms with Crippen LogP contribution in [0.5, 0.6) is 0 Å². The summed E-state index contributed by atoms with van der Waals surface area (Å²) in [6, 6.07) is 5.61. The van der Waals surface area contributed by atoms with Crippen molar-refractivity contribution in [3.63, 3.8) is 0 Å². The van der Waals surface area contributed by atoms with E-state index in [2.05, 4.69) is 30.9 Å². The van der Waals surface area contributed by atoms with Gasteiger partial charge >= 0.3 is 6.03 Å². The van der Waals surface area contributed by atoms with Crippen LogP contribution < -0.4 is 10.6 Å². The first-order valence-corrected chi connectivity index (χ1v) is 8.28. The summed E-state index contributed by atoms with van der Waals surface area (Å²) < 4.78 is 1.69. The average Bonchev–Trinajstić information content (AvgIpc) is 3.31. The zero-order valence-electron chi connectivity index (χ0n) is 13.6. The summed E-state index contributed by atoms with van der Waals surface area (Å²) in [4.78, 5) is 16.5. The number of hydrogen-bond acceptors (Lipinski definition) is 4. The van der Waals surface area contributed by atoms with Crippen molar-refractivity contribution < 1.29 is 4.79 Å². The van der Waals surface area contributed by atoms with E-state index in [1.807, 2.05) is 30.6 Å². The molecule has 3 N–H and O–H groups in total.